The third kappa shape index (κ3) is 2.64. The van der Waals surface area contributed by atoms with Gasteiger partial charge < -0.3 is 10.5 Å². The molecule has 0 aliphatic heterocycles. The predicted molar refractivity (Wildman–Crippen MR) is 83.0 cm³/mol. The summed E-state index contributed by atoms with van der Waals surface area (Å²) in [4.78, 5) is 4.26. The Balaban J connectivity index is 2.06. The van der Waals surface area contributed by atoms with Crippen molar-refractivity contribution in [2.75, 3.05) is 5.73 Å². The van der Waals surface area contributed by atoms with E-state index in [-0.39, 0.29) is 0 Å². The first kappa shape index (κ1) is 13.7. The van der Waals surface area contributed by atoms with Gasteiger partial charge in [-0.25, -0.2) is 9.50 Å². The zero-order valence-corrected chi connectivity index (χ0v) is 12.5. The highest BCUT2D eigenvalue weighted by molar-refractivity contribution is 6.32. The van der Waals surface area contributed by atoms with E-state index in [9.17, 15) is 0 Å². The molecule has 0 saturated heterocycles. The number of aromatic nitrogens is 3. The standard InChI is InChI=1S/C15H15ClN4O/c1-9(2)12-8-13-15(18-5-6-20(13)19-12)21-14-7-10(17)3-4-11(14)16/h3-9H,17H2,1-2H3. The van der Waals surface area contributed by atoms with Crippen LogP contribution in [0.1, 0.15) is 25.5 Å². The van der Waals surface area contributed by atoms with Crippen molar-refractivity contribution in [3.63, 3.8) is 0 Å². The summed E-state index contributed by atoms with van der Waals surface area (Å²) in [6.45, 7) is 4.18. The number of halogens is 1. The Morgan fingerprint density at radius 2 is 2.10 bits per heavy atom. The third-order valence-corrected chi connectivity index (χ3v) is 3.44. The highest BCUT2D eigenvalue weighted by atomic mass is 35.5. The third-order valence-electron chi connectivity index (χ3n) is 3.13. The van der Waals surface area contributed by atoms with Crippen molar-refractivity contribution in [3.05, 3.63) is 47.4 Å². The fourth-order valence-electron chi connectivity index (χ4n) is 1.98. The molecule has 2 N–H and O–H groups in total. The Morgan fingerprint density at radius 3 is 2.86 bits per heavy atom. The molecule has 3 aromatic rings. The zero-order chi connectivity index (χ0) is 15.0. The molecule has 0 aliphatic rings. The Bertz CT molecular complexity index is 797. The van der Waals surface area contributed by atoms with Gasteiger partial charge in [-0.05, 0) is 24.1 Å². The molecule has 0 radical (unpaired) electrons. The molecular weight excluding hydrogens is 288 g/mol. The molecule has 0 unspecified atom stereocenters. The van der Waals surface area contributed by atoms with Crippen molar-refractivity contribution in [3.8, 4) is 11.6 Å². The Labute approximate surface area is 127 Å². The van der Waals surface area contributed by atoms with E-state index in [1.807, 2.05) is 6.07 Å². The number of nitrogens with zero attached hydrogens (tertiary/aromatic N) is 3. The van der Waals surface area contributed by atoms with Crippen LogP contribution in [0.5, 0.6) is 11.6 Å². The fraction of sp³-hybridized carbons (Fsp3) is 0.200. The van der Waals surface area contributed by atoms with Crippen molar-refractivity contribution in [2.24, 2.45) is 0 Å². The first-order chi connectivity index (χ1) is 10.0. The van der Waals surface area contributed by atoms with Gasteiger partial charge >= 0.3 is 0 Å². The Hall–Kier alpha value is -2.27. The van der Waals surface area contributed by atoms with Crippen LogP contribution in [-0.2, 0) is 0 Å². The SMILES string of the molecule is CC(C)c1cc2c(Oc3cc(N)ccc3Cl)nccn2n1. The molecule has 0 bridgehead atoms. The minimum atomic E-state index is 0.328. The van der Waals surface area contributed by atoms with E-state index in [0.717, 1.165) is 11.2 Å². The van der Waals surface area contributed by atoms with E-state index >= 15 is 0 Å². The van der Waals surface area contributed by atoms with Crippen LogP contribution in [0.2, 0.25) is 5.02 Å². The van der Waals surface area contributed by atoms with Crippen LogP contribution in [0.15, 0.2) is 36.7 Å². The topological polar surface area (TPSA) is 65.4 Å². The number of nitrogen functional groups attached to an aromatic ring is 1. The number of fused-ring (bicyclic) bond motifs is 1. The van der Waals surface area contributed by atoms with Crippen molar-refractivity contribution in [1.29, 1.82) is 0 Å². The molecule has 0 fully saturated rings. The molecule has 21 heavy (non-hydrogen) atoms. The van der Waals surface area contributed by atoms with E-state index in [2.05, 4.69) is 23.9 Å². The van der Waals surface area contributed by atoms with E-state index < -0.39 is 0 Å². The lowest BCUT2D eigenvalue weighted by molar-refractivity contribution is 0.466. The lowest BCUT2D eigenvalue weighted by Gasteiger charge is -2.08. The minimum absolute atomic E-state index is 0.328. The molecule has 5 nitrogen and oxygen atoms in total. The van der Waals surface area contributed by atoms with Gasteiger partial charge in [0, 0.05) is 24.1 Å². The summed E-state index contributed by atoms with van der Waals surface area (Å²) in [5.74, 6) is 1.25. The second kappa shape index (κ2) is 5.26. The average Bonchev–Trinajstić information content (AvgIpc) is 2.88. The summed E-state index contributed by atoms with van der Waals surface area (Å²) in [6, 6.07) is 7.06. The van der Waals surface area contributed by atoms with Gasteiger partial charge in [-0.2, -0.15) is 5.10 Å². The molecule has 108 valence electrons. The van der Waals surface area contributed by atoms with Gasteiger partial charge in [0.25, 0.3) is 0 Å². The van der Waals surface area contributed by atoms with Crippen LogP contribution >= 0.6 is 11.6 Å². The molecular formula is C15H15ClN4O. The number of ether oxygens (including phenoxy) is 1. The largest absolute Gasteiger partial charge is 0.435 e. The summed E-state index contributed by atoms with van der Waals surface area (Å²) in [6.07, 6.45) is 3.43. The molecule has 0 aliphatic carbocycles. The van der Waals surface area contributed by atoms with Gasteiger partial charge in [-0.1, -0.05) is 25.4 Å². The smallest absolute Gasteiger partial charge is 0.245 e. The highest BCUT2D eigenvalue weighted by Crippen LogP contribution is 2.32. The molecule has 0 amide bonds. The molecule has 0 spiro atoms. The molecule has 3 rings (SSSR count). The number of rotatable bonds is 3. The number of hydrogen-bond acceptors (Lipinski definition) is 4. The summed E-state index contributed by atoms with van der Waals surface area (Å²) in [5.41, 5.74) is 8.11. The second-order valence-electron chi connectivity index (χ2n) is 5.08. The monoisotopic (exact) mass is 302 g/mol. The summed E-state index contributed by atoms with van der Waals surface area (Å²) in [5, 5.41) is 4.98. The van der Waals surface area contributed by atoms with Crippen LogP contribution in [0, 0.1) is 0 Å². The fourth-order valence-corrected chi connectivity index (χ4v) is 2.14. The first-order valence-electron chi connectivity index (χ1n) is 6.62. The van der Waals surface area contributed by atoms with Crippen molar-refractivity contribution in [2.45, 2.75) is 19.8 Å². The van der Waals surface area contributed by atoms with Crippen LogP contribution < -0.4 is 10.5 Å². The van der Waals surface area contributed by atoms with Crippen LogP contribution in [0.25, 0.3) is 5.52 Å². The van der Waals surface area contributed by atoms with Gasteiger partial charge in [0.1, 0.15) is 11.3 Å². The van der Waals surface area contributed by atoms with Crippen molar-refractivity contribution in [1.82, 2.24) is 14.6 Å². The van der Waals surface area contributed by atoms with Gasteiger partial charge in [0.2, 0.25) is 5.88 Å². The number of benzene rings is 1. The van der Waals surface area contributed by atoms with Gasteiger partial charge in [-0.3, -0.25) is 0 Å². The number of hydrogen-bond donors (Lipinski definition) is 1. The van der Waals surface area contributed by atoms with Gasteiger partial charge in [0.05, 0.1) is 10.7 Å². The first-order valence-corrected chi connectivity index (χ1v) is 6.99. The van der Waals surface area contributed by atoms with Crippen LogP contribution in [-0.4, -0.2) is 14.6 Å². The molecule has 0 atom stereocenters. The molecule has 1 aromatic carbocycles. The van der Waals surface area contributed by atoms with E-state index in [1.165, 1.54) is 0 Å². The predicted octanol–water partition coefficient (Wildman–Crippen LogP) is 3.88. The van der Waals surface area contributed by atoms with E-state index in [0.29, 0.717) is 28.3 Å². The van der Waals surface area contributed by atoms with Gasteiger partial charge in [0.15, 0.2) is 0 Å². The average molecular weight is 303 g/mol. The van der Waals surface area contributed by atoms with E-state index in [1.54, 1.807) is 35.1 Å². The maximum absolute atomic E-state index is 6.12. The Kier molecular flexibility index (Phi) is 3.43. The zero-order valence-electron chi connectivity index (χ0n) is 11.7. The molecule has 0 saturated carbocycles. The minimum Gasteiger partial charge on any atom is -0.435 e. The number of anilines is 1. The molecule has 2 aromatic heterocycles. The van der Waals surface area contributed by atoms with Crippen molar-refractivity contribution < 1.29 is 4.74 Å². The molecule has 6 heteroatoms. The maximum Gasteiger partial charge on any atom is 0.245 e. The lowest BCUT2D eigenvalue weighted by atomic mass is 10.1. The Morgan fingerprint density at radius 1 is 1.29 bits per heavy atom. The second-order valence-corrected chi connectivity index (χ2v) is 5.49. The lowest BCUT2D eigenvalue weighted by Crippen LogP contribution is -1.95. The highest BCUT2D eigenvalue weighted by Gasteiger charge is 2.12. The van der Waals surface area contributed by atoms with Gasteiger partial charge in [-0.15, -0.1) is 0 Å². The molecule has 2 heterocycles. The van der Waals surface area contributed by atoms with Crippen LogP contribution in [0.4, 0.5) is 5.69 Å². The quantitative estimate of drug-likeness (QED) is 0.746. The maximum atomic E-state index is 6.12. The number of nitrogens with two attached hydrogens (primary N) is 1. The summed E-state index contributed by atoms with van der Waals surface area (Å²) >= 11 is 6.12. The van der Waals surface area contributed by atoms with E-state index in [4.69, 9.17) is 22.1 Å². The summed E-state index contributed by atoms with van der Waals surface area (Å²) in [7, 11) is 0. The van der Waals surface area contributed by atoms with Crippen molar-refractivity contribution >= 4 is 22.8 Å². The van der Waals surface area contributed by atoms with Crippen LogP contribution in [0.3, 0.4) is 0 Å². The summed E-state index contributed by atoms with van der Waals surface area (Å²) < 4.78 is 7.56. The normalized spacial score (nSPS) is 11.2.